The molecule has 0 fully saturated rings. The van der Waals surface area contributed by atoms with Crippen LogP contribution in [-0.2, 0) is 4.79 Å². The van der Waals surface area contributed by atoms with E-state index in [4.69, 9.17) is 0 Å². The van der Waals surface area contributed by atoms with Gasteiger partial charge in [0.15, 0.2) is 0 Å². The van der Waals surface area contributed by atoms with E-state index >= 15 is 0 Å². The molecule has 2 unspecified atom stereocenters. The molecule has 0 aliphatic carbocycles. The minimum absolute atomic E-state index is 0.0438. The van der Waals surface area contributed by atoms with Crippen LogP contribution in [0.25, 0.3) is 0 Å². The molecule has 62 heavy (non-hydrogen) atoms. The van der Waals surface area contributed by atoms with E-state index in [0.717, 1.165) is 89.9 Å². The molecule has 0 aromatic rings. The SMILES string of the molecule is CC/C=C\C/C=C\C/C=C\C/C=C\C/C=C\C/C=C\C/C=C\C/C=C\C/C=C\C/C=C\CCCCCCCCCCCCC(=O)NC(CO)C(O)CCCCCCCCCCC. The van der Waals surface area contributed by atoms with Gasteiger partial charge in [0.1, 0.15) is 0 Å². The Kier molecular flexibility index (Phi) is 49.4. The zero-order chi connectivity index (χ0) is 44.9. The van der Waals surface area contributed by atoms with Gasteiger partial charge in [-0.1, -0.05) is 245 Å². The van der Waals surface area contributed by atoms with Gasteiger partial charge in [-0.25, -0.2) is 0 Å². The Labute approximate surface area is 384 Å². The van der Waals surface area contributed by atoms with E-state index in [2.05, 4.69) is 141 Å². The fourth-order valence-corrected chi connectivity index (χ4v) is 7.09. The van der Waals surface area contributed by atoms with Gasteiger partial charge in [-0.15, -0.1) is 0 Å². The highest BCUT2D eigenvalue weighted by molar-refractivity contribution is 5.76. The largest absolute Gasteiger partial charge is 0.394 e. The lowest BCUT2D eigenvalue weighted by Gasteiger charge is -2.22. The third-order valence-corrected chi connectivity index (χ3v) is 11.0. The summed E-state index contributed by atoms with van der Waals surface area (Å²) in [5, 5.41) is 23.1. The van der Waals surface area contributed by atoms with Crippen molar-refractivity contribution in [1.82, 2.24) is 5.32 Å². The van der Waals surface area contributed by atoms with Crippen molar-refractivity contribution in [3.8, 4) is 0 Å². The van der Waals surface area contributed by atoms with Gasteiger partial charge in [0.25, 0.3) is 0 Å². The van der Waals surface area contributed by atoms with Gasteiger partial charge >= 0.3 is 0 Å². The average molecular weight is 856 g/mol. The van der Waals surface area contributed by atoms with Crippen LogP contribution >= 0.6 is 0 Å². The summed E-state index contributed by atoms with van der Waals surface area (Å²) >= 11 is 0. The van der Waals surface area contributed by atoms with E-state index in [1.54, 1.807) is 0 Å². The van der Waals surface area contributed by atoms with Gasteiger partial charge < -0.3 is 15.5 Å². The van der Waals surface area contributed by atoms with Gasteiger partial charge in [-0.2, -0.15) is 0 Å². The Morgan fingerprint density at radius 2 is 0.710 bits per heavy atom. The summed E-state index contributed by atoms with van der Waals surface area (Å²) in [6.07, 6.45) is 80.3. The van der Waals surface area contributed by atoms with Gasteiger partial charge in [-0.05, 0) is 89.9 Å². The Morgan fingerprint density at radius 3 is 1.06 bits per heavy atom. The standard InChI is InChI=1S/C58H97NO3/c1-3-5-7-9-11-13-14-15-16-17-18-19-20-21-22-23-24-25-26-27-28-29-30-31-32-33-34-35-36-37-38-39-40-41-42-43-44-46-48-50-52-54-58(62)59-56(55-60)57(61)53-51-49-47-45-12-10-8-6-4-2/h5,7,11,13,15-16,18-19,21-22,24-25,27-28,30-31,33-34,36-37,56-57,60-61H,3-4,6,8-10,12,14,17,20,23,26,29,32,35,38-55H2,1-2H3,(H,59,62)/b7-5-,13-11-,16-15-,19-18-,22-21-,25-24-,28-27-,31-30-,34-33-,37-36-. The van der Waals surface area contributed by atoms with Gasteiger partial charge in [-0.3, -0.25) is 4.79 Å². The molecular weight excluding hydrogens is 759 g/mol. The Hall–Kier alpha value is -3.21. The number of amides is 1. The molecule has 0 aliphatic heterocycles. The topological polar surface area (TPSA) is 69.6 Å². The Bertz CT molecular complexity index is 1240. The molecule has 2 atom stereocenters. The number of aliphatic hydroxyl groups excluding tert-OH is 2. The number of nitrogens with one attached hydrogen (secondary N) is 1. The van der Waals surface area contributed by atoms with E-state index in [-0.39, 0.29) is 12.5 Å². The summed E-state index contributed by atoms with van der Waals surface area (Å²) in [4.78, 5) is 12.4. The fourth-order valence-electron chi connectivity index (χ4n) is 7.09. The summed E-state index contributed by atoms with van der Waals surface area (Å²) in [5.74, 6) is -0.0438. The minimum Gasteiger partial charge on any atom is -0.394 e. The number of hydrogen-bond acceptors (Lipinski definition) is 3. The normalized spacial score (nSPS) is 13.9. The predicted octanol–water partition coefficient (Wildman–Crippen LogP) is 16.9. The van der Waals surface area contributed by atoms with Crippen molar-refractivity contribution < 1.29 is 15.0 Å². The number of aliphatic hydroxyl groups is 2. The molecule has 3 N–H and O–H groups in total. The van der Waals surface area contributed by atoms with Crippen molar-refractivity contribution in [2.75, 3.05) is 6.61 Å². The van der Waals surface area contributed by atoms with E-state index < -0.39 is 12.1 Å². The van der Waals surface area contributed by atoms with Crippen molar-refractivity contribution >= 4 is 5.91 Å². The monoisotopic (exact) mass is 856 g/mol. The van der Waals surface area contributed by atoms with Crippen LogP contribution in [-0.4, -0.2) is 34.9 Å². The molecule has 0 spiro atoms. The minimum atomic E-state index is -0.665. The molecule has 0 aromatic heterocycles. The highest BCUT2D eigenvalue weighted by Crippen LogP contribution is 2.14. The maximum atomic E-state index is 12.4. The molecule has 4 heteroatoms. The third-order valence-electron chi connectivity index (χ3n) is 11.0. The maximum Gasteiger partial charge on any atom is 0.220 e. The second kappa shape index (κ2) is 52.1. The van der Waals surface area contributed by atoms with E-state index in [0.29, 0.717) is 12.8 Å². The van der Waals surface area contributed by atoms with Crippen LogP contribution in [0.3, 0.4) is 0 Å². The highest BCUT2D eigenvalue weighted by atomic mass is 16.3. The zero-order valence-electron chi connectivity index (χ0n) is 40.3. The summed E-state index contributed by atoms with van der Waals surface area (Å²) in [7, 11) is 0. The molecule has 4 nitrogen and oxygen atoms in total. The first kappa shape index (κ1) is 58.8. The number of rotatable bonds is 45. The van der Waals surface area contributed by atoms with Gasteiger partial charge in [0.05, 0.1) is 18.8 Å². The Balaban J connectivity index is 3.58. The van der Waals surface area contributed by atoms with Gasteiger partial charge in [0.2, 0.25) is 5.91 Å². The van der Waals surface area contributed by atoms with Crippen molar-refractivity contribution in [2.45, 2.75) is 231 Å². The smallest absolute Gasteiger partial charge is 0.220 e. The van der Waals surface area contributed by atoms with E-state index in [1.807, 2.05) is 0 Å². The van der Waals surface area contributed by atoms with Crippen molar-refractivity contribution in [2.24, 2.45) is 0 Å². The second-order valence-corrected chi connectivity index (χ2v) is 16.9. The zero-order valence-corrected chi connectivity index (χ0v) is 40.3. The summed E-state index contributed by atoms with van der Waals surface area (Å²) < 4.78 is 0. The van der Waals surface area contributed by atoms with Crippen LogP contribution < -0.4 is 5.32 Å². The molecule has 352 valence electrons. The van der Waals surface area contributed by atoms with Gasteiger partial charge in [0, 0.05) is 6.42 Å². The predicted molar refractivity (Wildman–Crippen MR) is 276 cm³/mol. The second-order valence-electron chi connectivity index (χ2n) is 16.9. The fraction of sp³-hybridized carbons (Fsp3) is 0.638. The van der Waals surface area contributed by atoms with Crippen molar-refractivity contribution in [3.63, 3.8) is 0 Å². The van der Waals surface area contributed by atoms with Crippen LogP contribution in [0.4, 0.5) is 0 Å². The molecule has 0 aromatic carbocycles. The first-order valence-electron chi connectivity index (χ1n) is 25.7. The Morgan fingerprint density at radius 1 is 0.403 bits per heavy atom. The van der Waals surface area contributed by atoms with Crippen LogP contribution in [0.15, 0.2) is 122 Å². The average Bonchev–Trinajstić information content (AvgIpc) is 3.28. The molecule has 0 heterocycles. The van der Waals surface area contributed by atoms with Crippen molar-refractivity contribution in [1.29, 1.82) is 0 Å². The number of carbonyl (C=O) groups is 1. The van der Waals surface area contributed by atoms with Crippen LogP contribution in [0.5, 0.6) is 0 Å². The maximum absolute atomic E-state index is 12.4. The summed E-state index contributed by atoms with van der Waals surface area (Å²) in [6.45, 7) is 4.21. The number of carbonyl (C=O) groups excluding carboxylic acids is 1. The summed E-state index contributed by atoms with van der Waals surface area (Å²) in [6, 6.07) is -0.543. The van der Waals surface area contributed by atoms with E-state index in [9.17, 15) is 15.0 Å². The third kappa shape index (κ3) is 47.8. The lowest BCUT2D eigenvalue weighted by molar-refractivity contribution is -0.123. The lowest BCUT2D eigenvalue weighted by Crippen LogP contribution is -2.45. The van der Waals surface area contributed by atoms with Crippen LogP contribution in [0, 0.1) is 0 Å². The molecule has 1 amide bonds. The number of allylic oxidation sites excluding steroid dienone is 20. The quantitative estimate of drug-likeness (QED) is 0.0422. The summed E-state index contributed by atoms with van der Waals surface area (Å²) in [5.41, 5.74) is 0. The number of unbranched alkanes of at least 4 members (excludes halogenated alkanes) is 18. The van der Waals surface area contributed by atoms with Crippen LogP contribution in [0.1, 0.15) is 219 Å². The molecular formula is C58H97NO3. The first-order chi connectivity index (χ1) is 30.7. The molecule has 0 saturated carbocycles. The van der Waals surface area contributed by atoms with E-state index in [1.165, 1.54) is 103 Å². The lowest BCUT2D eigenvalue weighted by atomic mass is 10.0. The molecule has 0 aliphatic rings. The molecule has 0 rings (SSSR count). The van der Waals surface area contributed by atoms with Crippen LogP contribution in [0.2, 0.25) is 0 Å². The highest BCUT2D eigenvalue weighted by Gasteiger charge is 2.20. The molecule has 0 radical (unpaired) electrons. The molecule has 0 bridgehead atoms. The van der Waals surface area contributed by atoms with Crippen molar-refractivity contribution in [3.05, 3.63) is 122 Å². The number of hydrogen-bond donors (Lipinski definition) is 3. The molecule has 0 saturated heterocycles. The first-order valence-corrected chi connectivity index (χ1v) is 25.7.